The first-order valence-corrected chi connectivity index (χ1v) is 11.2. The number of β-amino-alcohol motifs (C(OH)–C–C–N with tert-alkyl or cyclic N) is 1. The van der Waals surface area contributed by atoms with Crippen molar-refractivity contribution in [3.05, 3.63) is 66.1 Å². The van der Waals surface area contributed by atoms with Crippen molar-refractivity contribution in [2.24, 2.45) is 0 Å². The highest BCUT2D eigenvalue weighted by Crippen LogP contribution is 2.18. The first-order valence-electron chi connectivity index (χ1n) is 11.2. The Balaban J connectivity index is 1.46. The fourth-order valence-electron chi connectivity index (χ4n) is 3.56. The van der Waals surface area contributed by atoms with E-state index < -0.39 is 0 Å². The predicted molar refractivity (Wildman–Crippen MR) is 132 cm³/mol. The van der Waals surface area contributed by atoms with Crippen molar-refractivity contribution in [2.75, 3.05) is 54.9 Å². The molecule has 2 aromatic heterocycles. The maximum Gasteiger partial charge on any atom is 0.257 e. The number of amides is 1. The summed E-state index contributed by atoms with van der Waals surface area (Å²) in [5.74, 6) is 1.81. The van der Waals surface area contributed by atoms with Crippen LogP contribution < -0.4 is 15.5 Å². The number of carbonyl (C=O) groups is 1. The van der Waals surface area contributed by atoms with Gasteiger partial charge in [0.1, 0.15) is 5.82 Å². The van der Waals surface area contributed by atoms with E-state index in [9.17, 15) is 4.79 Å². The number of benzene rings is 1. The Morgan fingerprint density at radius 2 is 1.85 bits per heavy atom. The number of aromatic nitrogens is 4. The second-order valence-electron chi connectivity index (χ2n) is 7.75. The van der Waals surface area contributed by atoms with Gasteiger partial charge in [-0.1, -0.05) is 24.3 Å². The summed E-state index contributed by atoms with van der Waals surface area (Å²) in [7, 11) is 0. The molecule has 1 amide bonds. The molecule has 176 valence electrons. The van der Waals surface area contributed by atoms with Crippen LogP contribution in [0.5, 0.6) is 0 Å². The van der Waals surface area contributed by atoms with Gasteiger partial charge >= 0.3 is 0 Å². The number of aliphatic hydroxyl groups is 1. The normalized spacial score (nSPS) is 14.4. The third-order valence-electron chi connectivity index (χ3n) is 5.33. The first-order chi connectivity index (χ1) is 16.6. The molecule has 0 atom stereocenters. The molecule has 10 heteroatoms. The van der Waals surface area contributed by atoms with E-state index in [0.29, 0.717) is 35.6 Å². The number of pyridine rings is 1. The van der Waals surface area contributed by atoms with E-state index in [2.05, 4.69) is 40.4 Å². The summed E-state index contributed by atoms with van der Waals surface area (Å²) in [6.07, 6.45) is 5.21. The van der Waals surface area contributed by atoms with Crippen molar-refractivity contribution in [3.8, 4) is 0 Å². The minimum absolute atomic E-state index is 0.158. The zero-order chi connectivity index (χ0) is 23.8. The monoisotopic (exact) mass is 460 g/mol. The molecule has 0 bridgehead atoms. The number of hydrogen-bond acceptors (Lipinski definition) is 9. The Kier molecular flexibility index (Phi) is 7.74. The zero-order valence-corrected chi connectivity index (χ0v) is 19.1. The fraction of sp³-hybridized carbons (Fsp3) is 0.292. The van der Waals surface area contributed by atoms with Crippen molar-refractivity contribution in [1.29, 1.82) is 0 Å². The Labute approximate surface area is 198 Å². The number of carbonyl (C=O) groups excluding carboxylic acids is 1. The molecule has 10 nitrogen and oxygen atoms in total. The van der Waals surface area contributed by atoms with Gasteiger partial charge < -0.3 is 20.6 Å². The quantitative estimate of drug-likeness (QED) is 0.465. The fourth-order valence-corrected chi connectivity index (χ4v) is 3.56. The largest absolute Gasteiger partial charge is 0.395 e. The first kappa shape index (κ1) is 23.3. The lowest BCUT2D eigenvalue weighted by molar-refractivity contribution is 0.102. The summed E-state index contributed by atoms with van der Waals surface area (Å²) in [5.41, 5.74) is 1.17. The lowest BCUT2D eigenvalue weighted by atomic mass is 10.2. The lowest BCUT2D eigenvalue weighted by Gasteiger charge is -2.34. The summed E-state index contributed by atoms with van der Waals surface area (Å²) >= 11 is 0. The van der Waals surface area contributed by atoms with Crippen molar-refractivity contribution in [1.82, 2.24) is 24.8 Å². The number of allylic oxidation sites excluding steroid dienone is 1. The van der Waals surface area contributed by atoms with Gasteiger partial charge in [0.05, 0.1) is 12.2 Å². The van der Waals surface area contributed by atoms with E-state index in [1.165, 1.54) is 6.20 Å². The topological polar surface area (TPSA) is 119 Å². The van der Waals surface area contributed by atoms with Gasteiger partial charge in [-0.05, 0) is 37.3 Å². The van der Waals surface area contributed by atoms with Gasteiger partial charge in [0.2, 0.25) is 11.9 Å². The number of aliphatic hydroxyl groups excluding tert-OH is 1. The van der Waals surface area contributed by atoms with Crippen LogP contribution in [0.3, 0.4) is 0 Å². The van der Waals surface area contributed by atoms with E-state index in [1.54, 1.807) is 12.1 Å². The number of para-hydroxylation sites is 1. The molecule has 3 N–H and O–H groups in total. The summed E-state index contributed by atoms with van der Waals surface area (Å²) in [5, 5.41) is 15.1. The number of hydrogen-bond donors (Lipinski definition) is 3. The van der Waals surface area contributed by atoms with Crippen LogP contribution in [0.4, 0.5) is 23.4 Å². The van der Waals surface area contributed by atoms with Gasteiger partial charge in [0.25, 0.3) is 5.91 Å². The second-order valence-corrected chi connectivity index (χ2v) is 7.75. The van der Waals surface area contributed by atoms with Gasteiger partial charge in [-0.3, -0.25) is 9.69 Å². The molecule has 0 spiro atoms. The van der Waals surface area contributed by atoms with E-state index >= 15 is 0 Å². The molecule has 0 aliphatic carbocycles. The van der Waals surface area contributed by atoms with Gasteiger partial charge in [-0.15, -0.1) is 0 Å². The predicted octanol–water partition coefficient (Wildman–Crippen LogP) is 2.41. The molecule has 3 heterocycles. The average Bonchev–Trinajstić information content (AvgIpc) is 2.86. The van der Waals surface area contributed by atoms with Crippen molar-refractivity contribution < 1.29 is 9.90 Å². The maximum atomic E-state index is 12.4. The van der Waals surface area contributed by atoms with Crippen LogP contribution in [-0.4, -0.2) is 75.2 Å². The molecule has 0 unspecified atom stereocenters. The van der Waals surface area contributed by atoms with E-state index in [-0.39, 0.29) is 12.5 Å². The molecule has 0 saturated carbocycles. The van der Waals surface area contributed by atoms with E-state index in [1.807, 2.05) is 49.4 Å². The Morgan fingerprint density at radius 3 is 2.53 bits per heavy atom. The van der Waals surface area contributed by atoms with Crippen LogP contribution in [0, 0.1) is 0 Å². The van der Waals surface area contributed by atoms with Crippen LogP contribution in [0.1, 0.15) is 23.1 Å². The molecule has 1 aromatic carbocycles. The van der Waals surface area contributed by atoms with Gasteiger partial charge in [0.15, 0.2) is 5.82 Å². The van der Waals surface area contributed by atoms with E-state index in [0.717, 1.165) is 31.9 Å². The maximum absolute atomic E-state index is 12.4. The minimum atomic E-state index is -0.233. The number of rotatable bonds is 8. The number of nitrogens with one attached hydrogen (secondary N) is 2. The van der Waals surface area contributed by atoms with Crippen LogP contribution in [0.15, 0.2) is 54.7 Å². The lowest BCUT2D eigenvalue weighted by Crippen LogP contribution is -2.47. The Bertz CT molecular complexity index is 1110. The molecule has 4 rings (SSSR count). The minimum Gasteiger partial charge on any atom is -0.395 e. The third kappa shape index (κ3) is 6.12. The number of piperazine rings is 1. The summed E-state index contributed by atoms with van der Waals surface area (Å²) < 4.78 is 0. The van der Waals surface area contributed by atoms with Crippen molar-refractivity contribution in [3.63, 3.8) is 0 Å². The highest BCUT2D eigenvalue weighted by atomic mass is 16.3. The molecule has 1 saturated heterocycles. The third-order valence-corrected chi connectivity index (χ3v) is 5.33. The molecule has 1 aliphatic rings. The highest BCUT2D eigenvalue weighted by molar-refractivity contribution is 6.04. The Hall–Kier alpha value is -3.89. The van der Waals surface area contributed by atoms with Gasteiger partial charge in [-0.25, -0.2) is 4.98 Å². The molecular formula is C24H28N8O2. The van der Waals surface area contributed by atoms with E-state index in [4.69, 9.17) is 5.11 Å². The molecule has 0 radical (unpaired) electrons. The molecule has 34 heavy (non-hydrogen) atoms. The number of nitrogens with zero attached hydrogens (tertiary/aromatic N) is 6. The highest BCUT2D eigenvalue weighted by Gasteiger charge is 2.20. The summed E-state index contributed by atoms with van der Waals surface area (Å²) in [4.78, 5) is 34.7. The van der Waals surface area contributed by atoms with Crippen LogP contribution >= 0.6 is 0 Å². The van der Waals surface area contributed by atoms with Crippen molar-refractivity contribution >= 4 is 35.4 Å². The van der Waals surface area contributed by atoms with Gasteiger partial charge in [0, 0.05) is 44.6 Å². The van der Waals surface area contributed by atoms with Crippen LogP contribution in [0.2, 0.25) is 0 Å². The SMILES string of the molecule is C/C=C/c1nc(Nc2ccc(C(=O)Nc3ccccc3)cn2)nc(N2CCN(CCO)CC2)n1. The van der Waals surface area contributed by atoms with Crippen molar-refractivity contribution in [2.45, 2.75) is 6.92 Å². The molecule has 1 fully saturated rings. The molecular weight excluding hydrogens is 432 g/mol. The van der Waals surface area contributed by atoms with Crippen LogP contribution in [-0.2, 0) is 0 Å². The second kappa shape index (κ2) is 11.3. The van der Waals surface area contributed by atoms with Gasteiger partial charge in [-0.2, -0.15) is 15.0 Å². The average molecular weight is 461 g/mol. The summed E-state index contributed by atoms with van der Waals surface area (Å²) in [6, 6.07) is 12.7. The molecule has 3 aromatic rings. The Morgan fingerprint density at radius 1 is 1.06 bits per heavy atom. The zero-order valence-electron chi connectivity index (χ0n) is 19.1. The molecule has 1 aliphatic heterocycles. The van der Waals surface area contributed by atoms with Crippen LogP contribution in [0.25, 0.3) is 6.08 Å². The summed E-state index contributed by atoms with van der Waals surface area (Å²) in [6.45, 7) is 5.94. The standard InChI is InChI=1S/C24H28N8O2/c1-2-6-21-28-23(30-24(29-21)32-13-11-31(12-14-32)15-16-33)27-20-10-9-18(17-25-20)22(34)26-19-7-4-3-5-8-19/h2-10,17,33H,11-16H2,1H3,(H,26,34)(H,25,27,28,29,30)/b6-2+. The smallest absolute Gasteiger partial charge is 0.257 e. The number of anilines is 4.